The van der Waals surface area contributed by atoms with Gasteiger partial charge in [0.1, 0.15) is 11.6 Å². The van der Waals surface area contributed by atoms with E-state index in [2.05, 4.69) is 0 Å². The van der Waals surface area contributed by atoms with Crippen LogP contribution in [-0.2, 0) is 0 Å². The summed E-state index contributed by atoms with van der Waals surface area (Å²) in [6.45, 7) is 0. The quantitative estimate of drug-likeness (QED) is 0.757. The van der Waals surface area contributed by atoms with Crippen LogP contribution in [0.1, 0.15) is 15.9 Å². The van der Waals surface area contributed by atoms with Crippen molar-refractivity contribution in [3.63, 3.8) is 0 Å². The first-order valence-electron chi connectivity index (χ1n) is 5.15. The maximum Gasteiger partial charge on any atom is 0.196 e. The monoisotopic (exact) mass is 230 g/mol. The fraction of sp³-hybridized carbons (Fsp3) is 0.0714. The molecule has 0 N–H and O–H groups in total. The summed E-state index contributed by atoms with van der Waals surface area (Å²) in [6.07, 6.45) is 0. The van der Waals surface area contributed by atoms with Crippen LogP contribution in [0.5, 0.6) is 5.75 Å². The number of hydrogen-bond acceptors (Lipinski definition) is 2. The van der Waals surface area contributed by atoms with Gasteiger partial charge in [-0.25, -0.2) is 4.39 Å². The lowest BCUT2D eigenvalue weighted by atomic mass is 10.0. The molecule has 2 aromatic rings. The molecule has 0 saturated heterocycles. The highest BCUT2D eigenvalue weighted by atomic mass is 19.1. The van der Waals surface area contributed by atoms with Gasteiger partial charge < -0.3 is 4.74 Å². The van der Waals surface area contributed by atoms with E-state index in [-0.39, 0.29) is 11.3 Å². The Morgan fingerprint density at radius 2 is 1.82 bits per heavy atom. The maximum absolute atomic E-state index is 13.6. The van der Waals surface area contributed by atoms with Crippen LogP contribution >= 0.6 is 0 Å². The highest BCUT2D eigenvalue weighted by Gasteiger charge is 2.14. The second kappa shape index (κ2) is 4.78. The lowest BCUT2D eigenvalue weighted by molar-refractivity contribution is 0.103. The van der Waals surface area contributed by atoms with Crippen LogP contribution in [0.4, 0.5) is 4.39 Å². The Labute approximate surface area is 98.7 Å². The van der Waals surface area contributed by atoms with Crippen molar-refractivity contribution < 1.29 is 13.9 Å². The average molecular weight is 230 g/mol. The highest BCUT2D eigenvalue weighted by molar-refractivity contribution is 6.09. The molecule has 0 fully saturated rings. The van der Waals surface area contributed by atoms with Gasteiger partial charge in [0.05, 0.1) is 12.7 Å². The minimum absolute atomic E-state index is 0.0237. The molecule has 86 valence electrons. The van der Waals surface area contributed by atoms with E-state index in [1.54, 1.807) is 30.3 Å². The van der Waals surface area contributed by atoms with E-state index in [0.29, 0.717) is 11.3 Å². The van der Waals surface area contributed by atoms with Crippen LogP contribution in [0.3, 0.4) is 0 Å². The molecule has 0 heterocycles. The summed E-state index contributed by atoms with van der Waals surface area (Å²) in [5.74, 6) is -0.424. The molecule has 0 aromatic heterocycles. The topological polar surface area (TPSA) is 26.3 Å². The van der Waals surface area contributed by atoms with E-state index in [1.165, 1.54) is 25.3 Å². The summed E-state index contributed by atoms with van der Waals surface area (Å²) in [7, 11) is 1.48. The van der Waals surface area contributed by atoms with Crippen molar-refractivity contribution in [1.29, 1.82) is 0 Å². The van der Waals surface area contributed by atoms with E-state index < -0.39 is 5.82 Å². The van der Waals surface area contributed by atoms with Crippen molar-refractivity contribution in [2.75, 3.05) is 7.11 Å². The number of ketones is 1. The van der Waals surface area contributed by atoms with Crippen LogP contribution in [0.25, 0.3) is 0 Å². The number of hydrogen-bond donors (Lipinski definition) is 0. The lowest BCUT2D eigenvalue weighted by Gasteiger charge is -2.05. The molecule has 0 spiro atoms. The molecule has 2 aromatic carbocycles. The summed E-state index contributed by atoms with van der Waals surface area (Å²) in [5, 5.41) is 0. The third kappa shape index (κ3) is 2.33. The number of benzene rings is 2. The number of carbonyl (C=O) groups excluding carboxylic acids is 1. The average Bonchev–Trinajstić information content (AvgIpc) is 2.39. The molecule has 17 heavy (non-hydrogen) atoms. The number of halogens is 1. The highest BCUT2D eigenvalue weighted by Crippen LogP contribution is 2.19. The summed E-state index contributed by atoms with van der Waals surface area (Å²) >= 11 is 0. The standard InChI is InChI=1S/C14H11FO2/c1-17-11-7-8-13(15)12(9-11)14(16)10-5-3-2-4-6-10/h2-9H,1H3. The maximum atomic E-state index is 13.6. The molecule has 2 rings (SSSR count). The number of carbonyl (C=O) groups is 1. The third-order valence-electron chi connectivity index (χ3n) is 2.45. The van der Waals surface area contributed by atoms with E-state index in [0.717, 1.165) is 0 Å². The molecular formula is C14H11FO2. The molecular weight excluding hydrogens is 219 g/mol. The smallest absolute Gasteiger partial charge is 0.196 e. The molecule has 0 bridgehead atoms. The first-order chi connectivity index (χ1) is 8.22. The van der Waals surface area contributed by atoms with E-state index >= 15 is 0 Å². The zero-order valence-corrected chi connectivity index (χ0v) is 9.31. The molecule has 0 saturated carbocycles. The second-order valence-corrected chi connectivity index (χ2v) is 3.54. The normalized spacial score (nSPS) is 10.0. The zero-order chi connectivity index (χ0) is 12.3. The molecule has 0 aliphatic rings. The molecule has 2 nitrogen and oxygen atoms in total. The minimum Gasteiger partial charge on any atom is -0.497 e. The first kappa shape index (κ1) is 11.3. The van der Waals surface area contributed by atoms with Crippen LogP contribution in [0.15, 0.2) is 48.5 Å². The minimum atomic E-state index is -0.542. The van der Waals surface area contributed by atoms with Crippen LogP contribution in [0, 0.1) is 5.82 Å². The molecule has 0 aliphatic heterocycles. The van der Waals surface area contributed by atoms with Crippen LogP contribution < -0.4 is 4.74 Å². The predicted molar refractivity (Wildman–Crippen MR) is 62.8 cm³/mol. The molecule has 0 radical (unpaired) electrons. The van der Waals surface area contributed by atoms with Crippen LogP contribution in [0.2, 0.25) is 0 Å². The van der Waals surface area contributed by atoms with E-state index in [9.17, 15) is 9.18 Å². The van der Waals surface area contributed by atoms with Crippen molar-refractivity contribution in [3.8, 4) is 5.75 Å². The summed E-state index contributed by atoms with van der Waals surface area (Å²) in [6, 6.07) is 12.7. The van der Waals surface area contributed by atoms with Gasteiger partial charge in [-0.05, 0) is 18.2 Å². The van der Waals surface area contributed by atoms with Gasteiger partial charge in [0, 0.05) is 5.56 Å². The Morgan fingerprint density at radius 1 is 1.12 bits per heavy atom. The Kier molecular flexibility index (Phi) is 3.19. The fourth-order valence-corrected chi connectivity index (χ4v) is 1.55. The van der Waals surface area contributed by atoms with Gasteiger partial charge in [-0.1, -0.05) is 30.3 Å². The van der Waals surface area contributed by atoms with Crippen molar-refractivity contribution in [2.24, 2.45) is 0 Å². The Bertz CT molecular complexity index is 535. The van der Waals surface area contributed by atoms with Gasteiger partial charge in [-0.15, -0.1) is 0 Å². The lowest BCUT2D eigenvalue weighted by Crippen LogP contribution is -2.04. The van der Waals surface area contributed by atoms with Gasteiger partial charge in [0.25, 0.3) is 0 Å². The predicted octanol–water partition coefficient (Wildman–Crippen LogP) is 3.07. The van der Waals surface area contributed by atoms with Crippen molar-refractivity contribution in [1.82, 2.24) is 0 Å². The summed E-state index contributed by atoms with van der Waals surface area (Å²) < 4.78 is 18.5. The van der Waals surface area contributed by atoms with E-state index in [1.807, 2.05) is 0 Å². The SMILES string of the molecule is COc1ccc(F)c(C(=O)c2ccccc2)c1. The summed E-state index contributed by atoms with van der Waals surface area (Å²) in [4.78, 5) is 12.0. The van der Waals surface area contributed by atoms with Gasteiger partial charge in [-0.2, -0.15) is 0 Å². The van der Waals surface area contributed by atoms with E-state index in [4.69, 9.17) is 4.74 Å². The number of methoxy groups -OCH3 is 1. The third-order valence-corrected chi connectivity index (χ3v) is 2.45. The Hall–Kier alpha value is -2.16. The van der Waals surface area contributed by atoms with Gasteiger partial charge in [-0.3, -0.25) is 4.79 Å². The Balaban J connectivity index is 2.44. The van der Waals surface area contributed by atoms with Crippen molar-refractivity contribution in [2.45, 2.75) is 0 Å². The van der Waals surface area contributed by atoms with Gasteiger partial charge in [0.2, 0.25) is 0 Å². The molecule has 0 aliphatic carbocycles. The fourth-order valence-electron chi connectivity index (χ4n) is 1.55. The summed E-state index contributed by atoms with van der Waals surface area (Å²) in [5.41, 5.74) is 0.482. The Morgan fingerprint density at radius 3 is 2.47 bits per heavy atom. The molecule has 0 amide bonds. The number of rotatable bonds is 3. The van der Waals surface area contributed by atoms with Crippen molar-refractivity contribution in [3.05, 3.63) is 65.5 Å². The van der Waals surface area contributed by atoms with Crippen molar-refractivity contribution >= 4 is 5.78 Å². The second-order valence-electron chi connectivity index (χ2n) is 3.54. The van der Waals surface area contributed by atoms with Gasteiger partial charge >= 0.3 is 0 Å². The van der Waals surface area contributed by atoms with Crippen LogP contribution in [-0.4, -0.2) is 12.9 Å². The molecule has 0 unspecified atom stereocenters. The van der Waals surface area contributed by atoms with Gasteiger partial charge in [0.15, 0.2) is 5.78 Å². The first-order valence-corrected chi connectivity index (χ1v) is 5.15. The zero-order valence-electron chi connectivity index (χ0n) is 9.31. The number of ether oxygens (including phenoxy) is 1. The largest absolute Gasteiger partial charge is 0.497 e. The molecule has 0 atom stereocenters. The molecule has 3 heteroatoms.